The molecule has 1 atom stereocenters. The molecule has 138 valence electrons. The van der Waals surface area contributed by atoms with Gasteiger partial charge < -0.3 is 20.7 Å². The van der Waals surface area contributed by atoms with Crippen LogP contribution in [0.15, 0.2) is 36.4 Å². The van der Waals surface area contributed by atoms with Crippen LogP contribution in [0.25, 0.3) is 0 Å². The van der Waals surface area contributed by atoms with Crippen molar-refractivity contribution in [2.75, 3.05) is 17.7 Å². The van der Waals surface area contributed by atoms with Crippen LogP contribution in [-0.4, -0.2) is 19.0 Å². The van der Waals surface area contributed by atoms with E-state index in [1.54, 1.807) is 19.1 Å². The number of amides is 3. The van der Waals surface area contributed by atoms with Crippen LogP contribution in [0.1, 0.15) is 25.5 Å². The van der Waals surface area contributed by atoms with E-state index in [0.717, 1.165) is 12.1 Å². The Morgan fingerprint density at radius 3 is 2.42 bits per heavy atom. The molecule has 0 spiro atoms. The summed E-state index contributed by atoms with van der Waals surface area (Å²) >= 11 is 0. The molecule has 2 aromatic rings. The van der Waals surface area contributed by atoms with E-state index in [1.807, 2.05) is 0 Å². The lowest BCUT2D eigenvalue weighted by Gasteiger charge is -2.17. The molecule has 0 saturated heterocycles. The van der Waals surface area contributed by atoms with Gasteiger partial charge in [-0.25, -0.2) is 13.6 Å². The first kappa shape index (κ1) is 19.2. The summed E-state index contributed by atoms with van der Waals surface area (Å²) in [5, 5.41) is 7.74. The predicted molar refractivity (Wildman–Crippen MR) is 94.2 cm³/mol. The van der Waals surface area contributed by atoms with E-state index in [4.69, 9.17) is 4.74 Å². The highest BCUT2D eigenvalue weighted by molar-refractivity contribution is 5.94. The minimum absolute atomic E-state index is 0.153. The first-order valence-electron chi connectivity index (χ1n) is 7.78. The van der Waals surface area contributed by atoms with Crippen LogP contribution in [-0.2, 0) is 4.79 Å². The van der Waals surface area contributed by atoms with Gasteiger partial charge in [-0.05, 0) is 31.2 Å². The lowest BCUT2D eigenvalue weighted by Crippen LogP contribution is -2.31. The van der Waals surface area contributed by atoms with E-state index >= 15 is 0 Å². The number of urea groups is 1. The quantitative estimate of drug-likeness (QED) is 0.756. The fourth-order valence-electron chi connectivity index (χ4n) is 2.37. The van der Waals surface area contributed by atoms with Crippen molar-refractivity contribution in [1.82, 2.24) is 5.32 Å². The van der Waals surface area contributed by atoms with E-state index in [9.17, 15) is 18.4 Å². The number of anilines is 2. The Morgan fingerprint density at radius 2 is 1.81 bits per heavy atom. The van der Waals surface area contributed by atoms with Crippen LogP contribution < -0.4 is 20.7 Å². The molecule has 0 heterocycles. The number of nitrogens with one attached hydrogen (secondary N) is 3. The summed E-state index contributed by atoms with van der Waals surface area (Å²) in [5.74, 6) is -1.31. The van der Waals surface area contributed by atoms with Crippen LogP contribution >= 0.6 is 0 Å². The van der Waals surface area contributed by atoms with E-state index in [1.165, 1.54) is 26.2 Å². The van der Waals surface area contributed by atoms with Gasteiger partial charge in [0.1, 0.15) is 17.4 Å². The molecule has 2 rings (SSSR count). The average Bonchev–Trinajstić information content (AvgIpc) is 2.54. The van der Waals surface area contributed by atoms with Gasteiger partial charge in [0.15, 0.2) is 0 Å². The third-order valence-electron chi connectivity index (χ3n) is 3.54. The number of carbonyl (C=O) groups excluding carboxylic acids is 2. The minimum Gasteiger partial charge on any atom is -0.495 e. The third kappa shape index (κ3) is 4.92. The van der Waals surface area contributed by atoms with Crippen molar-refractivity contribution in [2.24, 2.45) is 0 Å². The Labute approximate surface area is 149 Å². The molecule has 0 aliphatic heterocycles. The second-order valence-corrected chi connectivity index (χ2v) is 5.58. The van der Waals surface area contributed by atoms with Crippen molar-refractivity contribution in [3.05, 3.63) is 53.6 Å². The van der Waals surface area contributed by atoms with Gasteiger partial charge in [0.2, 0.25) is 5.91 Å². The smallest absolute Gasteiger partial charge is 0.319 e. The maximum Gasteiger partial charge on any atom is 0.319 e. The second-order valence-electron chi connectivity index (χ2n) is 5.58. The molecule has 0 aromatic heterocycles. The van der Waals surface area contributed by atoms with E-state index < -0.39 is 23.7 Å². The Hall–Kier alpha value is -3.16. The standard InChI is InChI=1S/C18H19F2N3O3/c1-10(14-6-4-12(19)8-15(14)20)21-18(25)23-16-9-13(22-11(2)24)5-7-17(16)26-3/h4-10H,1-3H3,(H,22,24)(H2,21,23,25). The monoisotopic (exact) mass is 363 g/mol. The number of halogens is 2. The van der Waals surface area contributed by atoms with E-state index in [2.05, 4.69) is 16.0 Å². The van der Waals surface area contributed by atoms with Crippen molar-refractivity contribution in [2.45, 2.75) is 19.9 Å². The largest absolute Gasteiger partial charge is 0.495 e. The molecule has 0 aliphatic rings. The minimum atomic E-state index is -0.747. The zero-order chi connectivity index (χ0) is 19.3. The Balaban J connectivity index is 2.12. The molecule has 0 radical (unpaired) electrons. The summed E-state index contributed by atoms with van der Waals surface area (Å²) in [4.78, 5) is 23.4. The molecule has 8 heteroatoms. The molecule has 3 N–H and O–H groups in total. The maximum absolute atomic E-state index is 13.8. The van der Waals surface area contributed by atoms with Gasteiger partial charge in [-0.15, -0.1) is 0 Å². The first-order valence-corrected chi connectivity index (χ1v) is 7.78. The van der Waals surface area contributed by atoms with Crippen molar-refractivity contribution in [1.29, 1.82) is 0 Å². The molecule has 3 amide bonds. The van der Waals surface area contributed by atoms with Gasteiger partial charge in [0, 0.05) is 24.2 Å². The summed E-state index contributed by atoms with van der Waals surface area (Å²) in [6.07, 6.45) is 0. The highest BCUT2D eigenvalue weighted by Crippen LogP contribution is 2.28. The SMILES string of the molecule is COc1ccc(NC(C)=O)cc1NC(=O)NC(C)c1ccc(F)cc1F. The molecule has 6 nitrogen and oxygen atoms in total. The lowest BCUT2D eigenvalue weighted by molar-refractivity contribution is -0.114. The molecule has 0 aliphatic carbocycles. The second kappa shape index (κ2) is 8.28. The highest BCUT2D eigenvalue weighted by atomic mass is 19.1. The van der Waals surface area contributed by atoms with Gasteiger partial charge in [-0.1, -0.05) is 6.07 Å². The average molecular weight is 363 g/mol. The summed E-state index contributed by atoms with van der Waals surface area (Å²) < 4.78 is 32.0. The predicted octanol–water partition coefficient (Wildman–Crippen LogP) is 3.81. The fourth-order valence-corrected chi connectivity index (χ4v) is 2.37. The first-order chi connectivity index (χ1) is 12.3. The Kier molecular flexibility index (Phi) is 6.11. The number of ether oxygens (including phenoxy) is 1. The van der Waals surface area contributed by atoms with Gasteiger partial charge in [-0.3, -0.25) is 4.79 Å². The summed E-state index contributed by atoms with van der Waals surface area (Å²) in [5.41, 5.74) is 0.953. The van der Waals surface area contributed by atoms with E-state index in [0.29, 0.717) is 17.1 Å². The number of hydrogen-bond acceptors (Lipinski definition) is 3. The van der Waals surface area contributed by atoms with Gasteiger partial charge in [0.25, 0.3) is 0 Å². The van der Waals surface area contributed by atoms with Crippen LogP contribution in [0, 0.1) is 11.6 Å². The molecule has 0 bridgehead atoms. The molecule has 2 aromatic carbocycles. The van der Waals surface area contributed by atoms with Crippen molar-refractivity contribution < 1.29 is 23.1 Å². The van der Waals surface area contributed by atoms with E-state index in [-0.39, 0.29) is 11.5 Å². The molecular weight excluding hydrogens is 344 g/mol. The van der Waals surface area contributed by atoms with Crippen molar-refractivity contribution >= 4 is 23.3 Å². The third-order valence-corrected chi connectivity index (χ3v) is 3.54. The molecule has 0 saturated carbocycles. The summed E-state index contributed by atoms with van der Waals surface area (Å²) in [7, 11) is 1.44. The molecular formula is C18H19F2N3O3. The van der Waals surface area contributed by atoms with Crippen LogP contribution in [0.4, 0.5) is 25.0 Å². The van der Waals surface area contributed by atoms with Crippen LogP contribution in [0.3, 0.4) is 0 Å². The topological polar surface area (TPSA) is 79.5 Å². The Morgan fingerprint density at radius 1 is 1.08 bits per heavy atom. The number of hydrogen-bond donors (Lipinski definition) is 3. The van der Waals surface area contributed by atoms with Gasteiger partial charge >= 0.3 is 6.03 Å². The van der Waals surface area contributed by atoms with Crippen molar-refractivity contribution in [3.63, 3.8) is 0 Å². The zero-order valence-electron chi connectivity index (χ0n) is 14.5. The van der Waals surface area contributed by atoms with Crippen LogP contribution in [0.5, 0.6) is 5.75 Å². The fraction of sp³-hybridized carbons (Fsp3) is 0.222. The van der Waals surface area contributed by atoms with Gasteiger partial charge in [-0.2, -0.15) is 0 Å². The van der Waals surface area contributed by atoms with Crippen LogP contribution in [0.2, 0.25) is 0 Å². The number of rotatable bonds is 5. The normalized spacial score (nSPS) is 11.4. The molecule has 26 heavy (non-hydrogen) atoms. The van der Waals surface area contributed by atoms with Gasteiger partial charge in [0.05, 0.1) is 18.8 Å². The lowest BCUT2D eigenvalue weighted by atomic mass is 10.1. The number of carbonyl (C=O) groups is 2. The molecule has 0 fully saturated rings. The number of benzene rings is 2. The zero-order valence-corrected chi connectivity index (χ0v) is 14.5. The number of methoxy groups -OCH3 is 1. The molecule has 1 unspecified atom stereocenters. The summed E-state index contributed by atoms with van der Waals surface area (Å²) in [6.45, 7) is 2.93. The summed E-state index contributed by atoms with van der Waals surface area (Å²) in [6, 6.07) is 6.58. The van der Waals surface area contributed by atoms with Crippen molar-refractivity contribution in [3.8, 4) is 5.75 Å². The Bertz CT molecular complexity index is 827. The maximum atomic E-state index is 13.8. The highest BCUT2D eigenvalue weighted by Gasteiger charge is 2.16.